The molecule has 0 saturated carbocycles. The molecule has 0 spiro atoms. The number of ether oxygens (including phenoxy) is 1. The summed E-state index contributed by atoms with van der Waals surface area (Å²) in [5.74, 6) is -1.57. The van der Waals surface area contributed by atoms with Gasteiger partial charge in [-0.05, 0) is 30.3 Å². The van der Waals surface area contributed by atoms with Gasteiger partial charge in [-0.15, -0.1) is 0 Å². The first kappa shape index (κ1) is 22.0. The molecule has 0 amide bonds. The number of hydrogen-bond donors (Lipinski definition) is 0. The molecule has 0 aliphatic heterocycles. The smallest absolute Gasteiger partial charge is 0.255 e. The first-order valence-corrected chi connectivity index (χ1v) is 9.49. The zero-order valence-electron chi connectivity index (χ0n) is 15.7. The number of halogens is 4. The van der Waals surface area contributed by atoms with Gasteiger partial charge in [0, 0.05) is 36.6 Å². The van der Waals surface area contributed by atoms with Crippen LogP contribution in [0.3, 0.4) is 0 Å². The maximum atomic E-state index is 14.5. The van der Waals surface area contributed by atoms with Gasteiger partial charge in [0.25, 0.3) is 5.56 Å². The van der Waals surface area contributed by atoms with E-state index in [1.54, 1.807) is 18.2 Å². The second-order valence-corrected chi connectivity index (χ2v) is 6.90. The summed E-state index contributed by atoms with van der Waals surface area (Å²) in [7, 11) is 1.50. The Balaban J connectivity index is 2.15. The zero-order chi connectivity index (χ0) is 21.7. The fraction of sp³-hybridized carbons (Fsp3) is 0.143. The molecule has 3 rings (SSSR count). The number of rotatable bonds is 7. The van der Waals surface area contributed by atoms with Crippen LogP contribution in [0.25, 0.3) is 5.69 Å². The van der Waals surface area contributed by atoms with E-state index in [4.69, 9.17) is 32.8 Å². The third-order valence-electron chi connectivity index (χ3n) is 4.08. The van der Waals surface area contributed by atoms with Gasteiger partial charge in [0.15, 0.2) is 0 Å². The van der Waals surface area contributed by atoms with Crippen LogP contribution in [0.5, 0.6) is 0 Å². The Morgan fingerprint density at radius 3 is 2.47 bits per heavy atom. The highest BCUT2D eigenvalue weighted by atomic mass is 35.5. The van der Waals surface area contributed by atoms with Crippen LogP contribution in [0.15, 0.2) is 64.7 Å². The molecule has 0 aliphatic rings. The van der Waals surface area contributed by atoms with Gasteiger partial charge in [0.05, 0.1) is 22.3 Å². The van der Waals surface area contributed by atoms with Gasteiger partial charge in [0.1, 0.15) is 24.0 Å². The maximum absolute atomic E-state index is 14.5. The average Bonchev–Trinajstić information content (AvgIpc) is 2.70. The quantitative estimate of drug-likeness (QED) is 0.292. The van der Waals surface area contributed by atoms with Crippen LogP contribution in [0.4, 0.5) is 8.78 Å². The Morgan fingerprint density at radius 2 is 1.80 bits per heavy atom. The van der Waals surface area contributed by atoms with E-state index in [-0.39, 0.29) is 40.2 Å². The van der Waals surface area contributed by atoms with Crippen LogP contribution in [-0.4, -0.2) is 30.6 Å². The van der Waals surface area contributed by atoms with Crippen molar-refractivity contribution in [2.24, 2.45) is 5.16 Å². The summed E-state index contributed by atoms with van der Waals surface area (Å²) in [5.41, 5.74) is 0.234. The Kier molecular flexibility index (Phi) is 7.20. The predicted molar refractivity (Wildman–Crippen MR) is 112 cm³/mol. The van der Waals surface area contributed by atoms with Crippen molar-refractivity contribution in [3.05, 3.63) is 97.9 Å². The molecule has 0 saturated heterocycles. The van der Waals surface area contributed by atoms with E-state index >= 15 is 0 Å². The monoisotopic (exact) mass is 452 g/mol. The lowest BCUT2D eigenvalue weighted by molar-refractivity contribution is 0.0752. The van der Waals surface area contributed by atoms with Crippen LogP contribution in [0, 0.1) is 11.6 Å². The van der Waals surface area contributed by atoms with Gasteiger partial charge in [-0.25, -0.2) is 8.78 Å². The first-order chi connectivity index (χ1) is 14.4. The van der Waals surface area contributed by atoms with Crippen molar-refractivity contribution < 1.29 is 18.4 Å². The number of nitrogens with zero attached hydrogens (tertiary/aromatic N) is 2. The molecule has 2 aromatic carbocycles. The highest BCUT2D eigenvalue weighted by molar-refractivity contribution is 6.37. The summed E-state index contributed by atoms with van der Waals surface area (Å²) in [6, 6.07) is 10.6. The van der Waals surface area contributed by atoms with E-state index in [1.165, 1.54) is 36.1 Å². The number of pyridine rings is 1. The molecule has 0 atom stereocenters. The van der Waals surface area contributed by atoms with Gasteiger partial charge in [-0.1, -0.05) is 34.4 Å². The molecule has 0 fully saturated rings. The van der Waals surface area contributed by atoms with Crippen LogP contribution in [0.1, 0.15) is 11.1 Å². The van der Waals surface area contributed by atoms with Gasteiger partial charge in [-0.3, -0.25) is 9.36 Å². The zero-order valence-corrected chi connectivity index (χ0v) is 17.3. The van der Waals surface area contributed by atoms with E-state index in [0.717, 1.165) is 12.1 Å². The molecule has 0 aliphatic carbocycles. The van der Waals surface area contributed by atoms with Crippen molar-refractivity contribution in [3.8, 4) is 5.69 Å². The van der Waals surface area contributed by atoms with Crippen molar-refractivity contribution in [2.45, 2.75) is 0 Å². The molecule has 30 heavy (non-hydrogen) atoms. The Labute approximate surface area is 181 Å². The van der Waals surface area contributed by atoms with E-state index in [2.05, 4.69) is 5.16 Å². The van der Waals surface area contributed by atoms with Gasteiger partial charge in [-0.2, -0.15) is 0 Å². The highest BCUT2D eigenvalue weighted by Crippen LogP contribution is 2.27. The molecular weight excluding hydrogens is 437 g/mol. The van der Waals surface area contributed by atoms with E-state index in [0.29, 0.717) is 5.56 Å². The molecular formula is C21H16Cl2F2N2O3. The molecule has 1 aromatic heterocycles. The summed E-state index contributed by atoms with van der Waals surface area (Å²) in [4.78, 5) is 17.7. The first-order valence-electron chi connectivity index (χ1n) is 8.74. The van der Waals surface area contributed by atoms with Crippen molar-refractivity contribution in [3.63, 3.8) is 0 Å². The van der Waals surface area contributed by atoms with Gasteiger partial charge in [0.2, 0.25) is 0 Å². The van der Waals surface area contributed by atoms with E-state index < -0.39 is 17.2 Å². The lowest BCUT2D eigenvalue weighted by Crippen LogP contribution is -2.20. The fourth-order valence-corrected chi connectivity index (χ4v) is 3.27. The van der Waals surface area contributed by atoms with Crippen molar-refractivity contribution >= 4 is 28.9 Å². The predicted octanol–water partition coefficient (Wildman–Crippen LogP) is 4.84. The van der Waals surface area contributed by atoms with Crippen molar-refractivity contribution in [2.75, 3.05) is 20.3 Å². The third kappa shape index (κ3) is 4.87. The van der Waals surface area contributed by atoms with E-state index in [1.807, 2.05) is 0 Å². The Hall–Kier alpha value is -2.74. The molecule has 5 nitrogen and oxygen atoms in total. The van der Waals surface area contributed by atoms with Crippen LogP contribution < -0.4 is 5.56 Å². The second kappa shape index (κ2) is 9.84. The standard InChI is InChI=1S/C21H16Cl2F2N2O3/c1-29-9-10-30-26-20(15-7-6-14(24)11-18(15)25)13-5-8-19(28)27(12-13)21-16(22)3-2-4-17(21)23/h2-8,11-12H,9-10H2,1H3. The minimum Gasteiger partial charge on any atom is -0.393 e. The average molecular weight is 453 g/mol. The molecule has 3 aromatic rings. The summed E-state index contributed by atoms with van der Waals surface area (Å²) < 4.78 is 34.0. The maximum Gasteiger partial charge on any atom is 0.255 e. The van der Waals surface area contributed by atoms with Crippen molar-refractivity contribution in [1.82, 2.24) is 4.57 Å². The van der Waals surface area contributed by atoms with Crippen LogP contribution in [0.2, 0.25) is 10.0 Å². The van der Waals surface area contributed by atoms with Crippen LogP contribution >= 0.6 is 23.2 Å². The molecule has 0 radical (unpaired) electrons. The van der Waals surface area contributed by atoms with Crippen LogP contribution in [-0.2, 0) is 9.57 Å². The van der Waals surface area contributed by atoms with E-state index in [9.17, 15) is 13.6 Å². The number of para-hydroxylation sites is 1. The Bertz CT molecular complexity index is 1130. The van der Waals surface area contributed by atoms with Gasteiger partial charge < -0.3 is 9.57 Å². The SMILES string of the molecule is COCCON=C(c1ccc(=O)n(-c2c(Cl)cccc2Cl)c1)c1ccc(F)cc1F. The minimum absolute atomic E-state index is 0.00993. The number of benzene rings is 2. The molecule has 0 unspecified atom stereocenters. The third-order valence-corrected chi connectivity index (χ3v) is 4.69. The van der Waals surface area contributed by atoms with Crippen molar-refractivity contribution in [1.29, 1.82) is 0 Å². The number of hydrogen-bond acceptors (Lipinski definition) is 4. The fourth-order valence-electron chi connectivity index (χ4n) is 2.69. The normalized spacial score (nSPS) is 11.6. The summed E-state index contributed by atoms with van der Waals surface area (Å²) in [6.07, 6.45) is 1.41. The molecule has 1 heterocycles. The number of methoxy groups -OCH3 is 1. The number of oxime groups is 1. The Morgan fingerprint density at radius 1 is 1.07 bits per heavy atom. The summed E-state index contributed by atoms with van der Waals surface area (Å²) >= 11 is 12.5. The molecule has 156 valence electrons. The minimum atomic E-state index is -0.836. The summed E-state index contributed by atoms with van der Waals surface area (Å²) in [6.45, 7) is 0.371. The molecule has 0 N–H and O–H groups in total. The molecule has 0 bridgehead atoms. The highest BCUT2D eigenvalue weighted by Gasteiger charge is 2.17. The number of aromatic nitrogens is 1. The largest absolute Gasteiger partial charge is 0.393 e. The van der Waals surface area contributed by atoms with Gasteiger partial charge >= 0.3 is 0 Å². The lowest BCUT2D eigenvalue weighted by atomic mass is 10.0. The molecule has 9 heteroatoms. The second-order valence-electron chi connectivity index (χ2n) is 6.09. The lowest BCUT2D eigenvalue weighted by Gasteiger charge is -2.13. The summed E-state index contributed by atoms with van der Waals surface area (Å²) in [5, 5.41) is 4.50. The topological polar surface area (TPSA) is 52.8 Å².